The van der Waals surface area contributed by atoms with Crippen LogP contribution in [0.25, 0.3) is 5.65 Å². The third-order valence-electron chi connectivity index (χ3n) is 2.95. The lowest BCUT2D eigenvalue weighted by molar-refractivity contribution is 0.0696. The summed E-state index contributed by atoms with van der Waals surface area (Å²) in [6.07, 6.45) is 3.73. The zero-order valence-corrected chi connectivity index (χ0v) is 10.9. The molecule has 0 amide bonds. The minimum atomic E-state index is -1.00. The third kappa shape index (κ3) is 1.85. The first-order valence-corrected chi connectivity index (χ1v) is 6.98. The van der Waals surface area contributed by atoms with Crippen LogP contribution in [-0.2, 0) is 0 Å². The molecule has 0 radical (unpaired) electrons. The van der Waals surface area contributed by atoms with E-state index < -0.39 is 5.97 Å². The lowest BCUT2D eigenvalue weighted by atomic mass is 10.2. The van der Waals surface area contributed by atoms with E-state index in [-0.39, 0.29) is 10.8 Å². The lowest BCUT2D eigenvalue weighted by Gasteiger charge is -2.07. The van der Waals surface area contributed by atoms with E-state index in [0.717, 1.165) is 24.4 Å². The molecule has 5 nitrogen and oxygen atoms in total. The molecule has 94 valence electrons. The fourth-order valence-corrected chi connectivity index (χ4v) is 3.60. The normalized spacial score (nSPS) is 19.5. The van der Waals surface area contributed by atoms with Gasteiger partial charge in [-0.15, -0.1) is 10.2 Å². The van der Waals surface area contributed by atoms with Crippen LogP contribution in [0.1, 0.15) is 34.3 Å². The maximum absolute atomic E-state index is 11.0. The Balaban J connectivity index is 2.18. The summed E-state index contributed by atoms with van der Waals surface area (Å²) in [5.41, 5.74) is 0.667. The van der Waals surface area contributed by atoms with Crippen molar-refractivity contribution in [3.63, 3.8) is 0 Å². The van der Waals surface area contributed by atoms with Crippen LogP contribution in [0, 0.1) is 0 Å². The molecule has 1 unspecified atom stereocenters. The van der Waals surface area contributed by atoms with Gasteiger partial charge in [-0.1, -0.05) is 11.6 Å². The van der Waals surface area contributed by atoms with Crippen LogP contribution in [0.4, 0.5) is 0 Å². The van der Waals surface area contributed by atoms with Gasteiger partial charge in [0.15, 0.2) is 11.5 Å². The van der Waals surface area contributed by atoms with Crippen molar-refractivity contribution in [2.45, 2.75) is 18.1 Å². The largest absolute Gasteiger partial charge is 0.478 e. The van der Waals surface area contributed by atoms with Gasteiger partial charge in [0, 0.05) is 6.20 Å². The van der Waals surface area contributed by atoms with Crippen LogP contribution in [0.3, 0.4) is 0 Å². The molecule has 0 saturated carbocycles. The highest BCUT2D eigenvalue weighted by Crippen LogP contribution is 2.39. The van der Waals surface area contributed by atoms with Crippen LogP contribution >= 0.6 is 23.4 Å². The average Bonchev–Trinajstić information content (AvgIpc) is 2.96. The van der Waals surface area contributed by atoms with Gasteiger partial charge < -0.3 is 5.11 Å². The maximum atomic E-state index is 11.0. The van der Waals surface area contributed by atoms with Crippen molar-refractivity contribution in [1.29, 1.82) is 0 Å². The smallest absolute Gasteiger partial charge is 0.337 e. The Labute approximate surface area is 112 Å². The van der Waals surface area contributed by atoms with Crippen LogP contribution in [0.2, 0.25) is 5.02 Å². The third-order valence-corrected chi connectivity index (χ3v) is 4.60. The molecule has 2 aromatic heterocycles. The summed E-state index contributed by atoms with van der Waals surface area (Å²) in [4.78, 5) is 11.0. The number of carboxylic acid groups (broad SMARTS) is 1. The van der Waals surface area contributed by atoms with Crippen molar-refractivity contribution in [2.24, 2.45) is 0 Å². The molecule has 1 saturated heterocycles. The number of hydrogen-bond donors (Lipinski definition) is 1. The van der Waals surface area contributed by atoms with E-state index >= 15 is 0 Å². The summed E-state index contributed by atoms with van der Waals surface area (Å²) in [6.45, 7) is 0. The van der Waals surface area contributed by atoms with Crippen LogP contribution in [-0.4, -0.2) is 31.4 Å². The Morgan fingerprint density at radius 1 is 1.56 bits per heavy atom. The zero-order valence-electron chi connectivity index (χ0n) is 9.34. The summed E-state index contributed by atoms with van der Waals surface area (Å²) in [6, 6.07) is 1.40. The Kier molecular flexibility index (Phi) is 2.91. The van der Waals surface area contributed by atoms with Crippen molar-refractivity contribution in [1.82, 2.24) is 14.6 Å². The van der Waals surface area contributed by atoms with Gasteiger partial charge in [-0.05, 0) is 24.7 Å². The number of carboxylic acids is 1. The number of fused-ring (bicyclic) bond motifs is 1. The Hall–Kier alpha value is -1.27. The van der Waals surface area contributed by atoms with Gasteiger partial charge in [0.05, 0.1) is 15.8 Å². The van der Waals surface area contributed by atoms with Gasteiger partial charge in [-0.25, -0.2) is 4.79 Å². The minimum absolute atomic E-state index is 0.150. The first-order valence-electron chi connectivity index (χ1n) is 5.56. The van der Waals surface area contributed by atoms with Gasteiger partial charge in [-0.3, -0.25) is 4.40 Å². The topological polar surface area (TPSA) is 67.5 Å². The van der Waals surface area contributed by atoms with Crippen molar-refractivity contribution >= 4 is 35.0 Å². The van der Waals surface area contributed by atoms with E-state index in [4.69, 9.17) is 16.7 Å². The van der Waals surface area contributed by atoms with Crippen molar-refractivity contribution in [3.05, 3.63) is 28.7 Å². The maximum Gasteiger partial charge on any atom is 0.337 e. The predicted molar refractivity (Wildman–Crippen MR) is 69.4 cm³/mol. The molecule has 1 aliphatic rings. The summed E-state index contributed by atoms with van der Waals surface area (Å²) in [5, 5.41) is 17.8. The van der Waals surface area contributed by atoms with Crippen LogP contribution < -0.4 is 0 Å². The highest BCUT2D eigenvalue weighted by molar-refractivity contribution is 7.99. The number of carbonyl (C=O) groups is 1. The zero-order chi connectivity index (χ0) is 12.7. The number of hydrogen-bond acceptors (Lipinski definition) is 4. The number of rotatable bonds is 2. The Bertz CT molecular complexity index is 622. The Morgan fingerprint density at radius 2 is 2.39 bits per heavy atom. The first-order chi connectivity index (χ1) is 8.66. The molecule has 3 heterocycles. The molecular formula is C11H10ClN3O2S. The second kappa shape index (κ2) is 4.44. The SMILES string of the molecule is O=C(O)c1cc(Cl)c2nnc(C3CCCS3)n2c1. The first kappa shape index (κ1) is 11.8. The van der Waals surface area contributed by atoms with Crippen molar-refractivity contribution in [3.8, 4) is 0 Å². The average molecular weight is 284 g/mol. The molecule has 1 aliphatic heterocycles. The number of pyridine rings is 1. The second-order valence-corrected chi connectivity index (χ2v) is 5.85. The molecule has 3 rings (SSSR count). The van der Waals surface area contributed by atoms with Gasteiger partial charge in [0.1, 0.15) is 0 Å². The highest BCUT2D eigenvalue weighted by Gasteiger charge is 2.24. The van der Waals surface area contributed by atoms with E-state index in [1.807, 2.05) is 11.8 Å². The Morgan fingerprint density at radius 3 is 3.06 bits per heavy atom. The van der Waals surface area contributed by atoms with Crippen molar-refractivity contribution in [2.75, 3.05) is 5.75 Å². The summed E-state index contributed by atoms with van der Waals surface area (Å²) < 4.78 is 1.70. The van der Waals surface area contributed by atoms with E-state index in [9.17, 15) is 4.79 Å². The van der Waals surface area contributed by atoms with Gasteiger partial charge in [0.2, 0.25) is 0 Å². The summed E-state index contributed by atoms with van der Waals surface area (Å²) in [7, 11) is 0. The molecule has 0 bridgehead atoms. The molecule has 1 atom stereocenters. The molecular weight excluding hydrogens is 274 g/mol. The van der Waals surface area contributed by atoms with E-state index in [1.165, 1.54) is 12.3 Å². The summed E-state index contributed by atoms with van der Waals surface area (Å²) >= 11 is 7.85. The standard InChI is InChI=1S/C11H10ClN3O2S/c12-7-4-6(11(16)17)5-15-9(7)13-14-10(15)8-2-1-3-18-8/h4-5,8H,1-3H2,(H,16,17). The monoisotopic (exact) mass is 283 g/mol. The number of nitrogens with zero attached hydrogens (tertiary/aromatic N) is 3. The van der Waals surface area contributed by atoms with E-state index in [1.54, 1.807) is 4.40 Å². The molecule has 2 aromatic rings. The molecule has 0 spiro atoms. The fraction of sp³-hybridized carbons (Fsp3) is 0.364. The quantitative estimate of drug-likeness (QED) is 0.918. The van der Waals surface area contributed by atoms with Gasteiger partial charge in [0.25, 0.3) is 0 Å². The van der Waals surface area contributed by atoms with Crippen LogP contribution in [0.5, 0.6) is 0 Å². The molecule has 1 N–H and O–H groups in total. The number of halogens is 1. The van der Waals surface area contributed by atoms with E-state index in [2.05, 4.69) is 10.2 Å². The number of aromatic carboxylic acids is 1. The van der Waals surface area contributed by atoms with Crippen molar-refractivity contribution < 1.29 is 9.90 Å². The van der Waals surface area contributed by atoms with Crippen LogP contribution in [0.15, 0.2) is 12.3 Å². The van der Waals surface area contributed by atoms with E-state index in [0.29, 0.717) is 10.7 Å². The molecule has 7 heteroatoms. The molecule has 18 heavy (non-hydrogen) atoms. The fourth-order valence-electron chi connectivity index (χ4n) is 2.09. The number of thioether (sulfide) groups is 1. The van der Waals surface area contributed by atoms with Gasteiger partial charge >= 0.3 is 5.97 Å². The predicted octanol–water partition coefficient (Wildman–Crippen LogP) is 2.65. The highest BCUT2D eigenvalue weighted by atomic mass is 35.5. The molecule has 1 fully saturated rings. The lowest BCUT2D eigenvalue weighted by Crippen LogP contribution is -2.03. The molecule has 0 aliphatic carbocycles. The summed E-state index contributed by atoms with van der Waals surface area (Å²) in [5.74, 6) is 0.890. The van der Waals surface area contributed by atoms with Gasteiger partial charge in [-0.2, -0.15) is 11.8 Å². The minimum Gasteiger partial charge on any atom is -0.478 e. The number of aromatic nitrogens is 3. The second-order valence-electron chi connectivity index (χ2n) is 4.14. The molecule has 0 aromatic carbocycles.